The number of benzene rings is 1. The van der Waals surface area contributed by atoms with Crippen LogP contribution in [-0.4, -0.2) is 62.0 Å². The lowest BCUT2D eigenvalue weighted by Gasteiger charge is -2.18. The SMILES string of the molecule is Cc1ccc(NC(=O)c2cnc(N(C)C)nc2C2CCN(S(C)(=O)=O)C2)cc1F. The minimum Gasteiger partial charge on any atom is -0.347 e. The summed E-state index contributed by atoms with van der Waals surface area (Å²) in [5.74, 6) is -0.689. The van der Waals surface area contributed by atoms with Crippen molar-refractivity contribution in [3.8, 4) is 0 Å². The fourth-order valence-electron chi connectivity index (χ4n) is 3.21. The molecule has 156 valence electrons. The Hall–Kier alpha value is -2.59. The second-order valence-electron chi connectivity index (χ2n) is 7.39. The van der Waals surface area contributed by atoms with Gasteiger partial charge in [-0.05, 0) is 31.0 Å². The molecule has 1 atom stereocenters. The summed E-state index contributed by atoms with van der Waals surface area (Å²) in [5, 5.41) is 2.68. The summed E-state index contributed by atoms with van der Waals surface area (Å²) in [7, 11) is 0.243. The number of hydrogen-bond acceptors (Lipinski definition) is 6. The number of amides is 1. The molecule has 29 heavy (non-hydrogen) atoms. The largest absolute Gasteiger partial charge is 0.347 e. The quantitative estimate of drug-likeness (QED) is 0.793. The van der Waals surface area contributed by atoms with E-state index in [1.807, 2.05) is 0 Å². The van der Waals surface area contributed by atoms with E-state index in [2.05, 4.69) is 15.3 Å². The fraction of sp³-hybridized carbons (Fsp3) is 0.421. The monoisotopic (exact) mass is 421 g/mol. The molecule has 0 spiro atoms. The molecule has 0 aliphatic carbocycles. The molecule has 1 saturated heterocycles. The van der Waals surface area contributed by atoms with Gasteiger partial charge in [-0.1, -0.05) is 6.07 Å². The van der Waals surface area contributed by atoms with Gasteiger partial charge in [0.2, 0.25) is 16.0 Å². The first-order valence-electron chi connectivity index (χ1n) is 9.13. The number of carbonyl (C=O) groups excluding carboxylic acids is 1. The fourth-order valence-corrected chi connectivity index (χ4v) is 4.10. The number of carbonyl (C=O) groups is 1. The van der Waals surface area contributed by atoms with Gasteiger partial charge in [0, 0.05) is 45.0 Å². The number of hydrogen-bond donors (Lipinski definition) is 1. The molecule has 2 heterocycles. The number of anilines is 2. The molecular weight excluding hydrogens is 397 g/mol. The van der Waals surface area contributed by atoms with Crippen LogP contribution in [0.2, 0.25) is 0 Å². The molecule has 0 saturated carbocycles. The Balaban J connectivity index is 1.93. The van der Waals surface area contributed by atoms with Crippen LogP contribution in [0.25, 0.3) is 0 Å². The molecule has 1 aromatic carbocycles. The summed E-state index contributed by atoms with van der Waals surface area (Å²) in [6.07, 6.45) is 3.15. The van der Waals surface area contributed by atoms with Gasteiger partial charge in [-0.15, -0.1) is 0 Å². The predicted molar refractivity (Wildman–Crippen MR) is 109 cm³/mol. The van der Waals surface area contributed by atoms with Gasteiger partial charge in [-0.25, -0.2) is 27.1 Å². The Morgan fingerprint density at radius 1 is 1.34 bits per heavy atom. The highest BCUT2D eigenvalue weighted by Gasteiger charge is 2.33. The lowest BCUT2D eigenvalue weighted by molar-refractivity contribution is 0.102. The Morgan fingerprint density at radius 3 is 2.66 bits per heavy atom. The molecule has 1 N–H and O–H groups in total. The van der Waals surface area contributed by atoms with E-state index in [4.69, 9.17) is 0 Å². The van der Waals surface area contributed by atoms with Gasteiger partial charge in [0.1, 0.15) is 5.82 Å². The third-order valence-corrected chi connectivity index (χ3v) is 6.16. The van der Waals surface area contributed by atoms with Crippen LogP contribution in [0.5, 0.6) is 0 Å². The van der Waals surface area contributed by atoms with Gasteiger partial charge >= 0.3 is 0 Å². The van der Waals surface area contributed by atoms with Crippen molar-refractivity contribution in [3.63, 3.8) is 0 Å². The summed E-state index contributed by atoms with van der Waals surface area (Å²) in [5.41, 5.74) is 1.54. The van der Waals surface area contributed by atoms with E-state index in [0.29, 0.717) is 35.9 Å². The first-order chi connectivity index (χ1) is 13.6. The molecule has 1 fully saturated rings. The van der Waals surface area contributed by atoms with Gasteiger partial charge in [-0.2, -0.15) is 0 Å². The predicted octanol–water partition coefficient (Wildman–Crippen LogP) is 1.99. The molecule has 3 rings (SSSR count). The van der Waals surface area contributed by atoms with Crippen LogP contribution in [0.15, 0.2) is 24.4 Å². The van der Waals surface area contributed by atoms with Gasteiger partial charge in [0.15, 0.2) is 0 Å². The lowest BCUT2D eigenvalue weighted by Crippen LogP contribution is -2.28. The number of aryl methyl sites for hydroxylation is 1. The summed E-state index contributed by atoms with van der Waals surface area (Å²) in [6.45, 7) is 2.26. The van der Waals surface area contributed by atoms with Crippen LogP contribution >= 0.6 is 0 Å². The van der Waals surface area contributed by atoms with Crippen LogP contribution in [-0.2, 0) is 10.0 Å². The van der Waals surface area contributed by atoms with E-state index in [9.17, 15) is 17.6 Å². The Morgan fingerprint density at radius 2 is 2.07 bits per heavy atom. The Labute approximate surface area is 169 Å². The van der Waals surface area contributed by atoms with Crippen LogP contribution in [0.3, 0.4) is 0 Å². The van der Waals surface area contributed by atoms with Crippen LogP contribution in [0.1, 0.15) is 34.0 Å². The standard InChI is InChI=1S/C19H24FN5O3S/c1-12-5-6-14(9-16(12)20)22-18(26)15-10-21-19(24(2)3)23-17(15)13-7-8-25(11-13)29(4,27)28/h5-6,9-10,13H,7-8,11H2,1-4H3,(H,22,26). The summed E-state index contributed by atoms with van der Waals surface area (Å²) >= 11 is 0. The average Bonchev–Trinajstić information content (AvgIpc) is 3.14. The molecule has 2 aromatic rings. The van der Waals surface area contributed by atoms with Crippen molar-refractivity contribution in [1.82, 2.24) is 14.3 Å². The van der Waals surface area contributed by atoms with Crippen molar-refractivity contribution in [3.05, 3.63) is 47.0 Å². The summed E-state index contributed by atoms with van der Waals surface area (Å²) in [6, 6.07) is 4.45. The van der Waals surface area contributed by atoms with Crippen molar-refractivity contribution in [2.75, 3.05) is 43.7 Å². The van der Waals surface area contributed by atoms with Gasteiger partial charge < -0.3 is 10.2 Å². The van der Waals surface area contributed by atoms with E-state index in [1.165, 1.54) is 22.8 Å². The van der Waals surface area contributed by atoms with Crippen LogP contribution in [0, 0.1) is 12.7 Å². The smallest absolute Gasteiger partial charge is 0.259 e. The molecule has 1 amide bonds. The number of nitrogens with zero attached hydrogens (tertiary/aromatic N) is 4. The van der Waals surface area contributed by atoms with Crippen molar-refractivity contribution in [2.45, 2.75) is 19.3 Å². The van der Waals surface area contributed by atoms with Gasteiger partial charge in [0.25, 0.3) is 5.91 Å². The van der Waals surface area contributed by atoms with Crippen molar-refractivity contribution < 1.29 is 17.6 Å². The van der Waals surface area contributed by atoms with Crippen LogP contribution < -0.4 is 10.2 Å². The minimum atomic E-state index is -3.32. The molecule has 10 heteroatoms. The molecule has 0 radical (unpaired) electrons. The number of halogens is 1. The maximum Gasteiger partial charge on any atom is 0.259 e. The van der Waals surface area contributed by atoms with Gasteiger partial charge in [0.05, 0.1) is 17.5 Å². The van der Waals surface area contributed by atoms with E-state index >= 15 is 0 Å². The highest BCUT2D eigenvalue weighted by Crippen LogP contribution is 2.30. The zero-order valence-corrected chi connectivity index (χ0v) is 17.6. The maximum absolute atomic E-state index is 13.8. The number of sulfonamides is 1. The second kappa shape index (κ2) is 8.03. The van der Waals surface area contributed by atoms with Crippen molar-refractivity contribution >= 4 is 27.6 Å². The maximum atomic E-state index is 13.8. The highest BCUT2D eigenvalue weighted by molar-refractivity contribution is 7.88. The average molecular weight is 421 g/mol. The number of aromatic nitrogens is 2. The normalized spacial score (nSPS) is 17.3. The minimum absolute atomic E-state index is 0.234. The topological polar surface area (TPSA) is 95.5 Å². The molecule has 1 unspecified atom stereocenters. The number of nitrogens with one attached hydrogen (secondary N) is 1. The zero-order chi connectivity index (χ0) is 21.3. The highest BCUT2D eigenvalue weighted by atomic mass is 32.2. The van der Waals surface area contributed by atoms with E-state index in [-0.39, 0.29) is 18.0 Å². The lowest BCUT2D eigenvalue weighted by atomic mass is 9.99. The van der Waals surface area contributed by atoms with Crippen LogP contribution in [0.4, 0.5) is 16.0 Å². The van der Waals surface area contributed by atoms with E-state index in [1.54, 1.807) is 38.1 Å². The van der Waals surface area contributed by atoms with Crippen molar-refractivity contribution in [2.24, 2.45) is 0 Å². The third-order valence-electron chi connectivity index (χ3n) is 4.89. The number of rotatable bonds is 5. The van der Waals surface area contributed by atoms with E-state index in [0.717, 1.165) is 0 Å². The first-order valence-corrected chi connectivity index (χ1v) is 11.0. The summed E-state index contributed by atoms with van der Waals surface area (Å²) < 4.78 is 38.9. The second-order valence-corrected chi connectivity index (χ2v) is 9.37. The first kappa shape index (κ1) is 21.1. The molecule has 0 bridgehead atoms. The molecule has 8 nitrogen and oxygen atoms in total. The molecule has 1 aliphatic rings. The third kappa shape index (κ3) is 4.70. The Bertz CT molecular complexity index is 1040. The summed E-state index contributed by atoms with van der Waals surface area (Å²) in [4.78, 5) is 23.3. The Kier molecular flexibility index (Phi) is 5.85. The van der Waals surface area contributed by atoms with E-state index < -0.39 is 21.7 Å². The van der Waals surface area contributed by atoms with Gasteiger partial charge in [-0.3, -0.25) is 4.79 Å². The molecule has 1 aliphatic heterocycles. The molecular formula is C19H24FN5O3S. The van der Waals surface area contributed by atoms with Crippen molar-refractivity contribution in [1.29, 1.82) is 0 Å². The zero-order valence-electron chi connectivity index (χ0n) is 16.8. The molecule has 1 aromatic heterocycles.